The third-order valence-electron chi connectivity index (χ3n) is 4.48. The SMILES string of the molecule is O=C(Cc1ccc([N+](=O)[O-])cc1)N(Cc1ccccn1)c1nc2c(F)cc(F)cc2s1. The number of nitrogens with zero attached hydrogens (tertiary/aromatic N) is 4. The van der Waals surface area contributed by atoms with E-state index in [0.717, 1.165) is 17.4 Å². The van der Waals surface area contributed by atoms with E-state index in [1.807, 2.05) is 0 Å². The second kappa shape index (κ2) is 8.52. The molecule has 0 bridgehead atoms. The quantitative estimate of drug-likeness (QED) is 0.322. The monoisotopic (exact) mass is 440 g/mol. The number of hydrogen-bond donors (Lipinski definition) is 0. The second-order valence-electron chi connectivity index (χ2n) is 6.63. The lowest BCUT2D eigenvalue weighted by molar-refractivity contribution is -0.384. The average molecular weight is 440 g/mol. The van der Waals surface area contributed by atoms with Crippen LogP contribution in [-0.4, -0.2) is 20.8 Å². The molecule has 156 valence electrons. The van der Waals surface area contributed by atoms with E-state index in [2.05, 4.69) is 9.97 Å². The van der Waals surface area contributed by atoms with Gasteiger partial charge in [0.25, 0.3) is 5.69 Å². The summed E-state index contributed by atoms with van der Waals surface area (Å²) in [6.45, 7) is 0.0799. The predicted octanol–water partition coefficient (Wildman–Crippen LogP) is 4.65. The minimum atomic E-state index is -0.807. The van der Waals surface area contributed by atoms with E-state index in [1.165, 1.54) is 35.2 Å². The lowest BCUT2D eigenvalue weighted by Gasteiger charge is -2.19. The summed E-state index contributed by atoms with van der Waals surface area (Å²) in [4.78, 5) is 33.2. The number of anilines is 1. The van der Waals surface area contributed by atoms with Gasteiger partial charge in [-0.05, 0) is 23.8 Å². The van der Waals surface area contributed by atoms with Gasteiger partial charge in [-0.25, -0.2) is 13.8 Å². The zero-order valence-electron chi connectivity index (χ0n) is 15.9. The van der Waals surface area contributed by atoms with Gasteiger partial charge in [0.1, 0.15) is 11.3 Å². The molecule has 0 radical (unpaired) electrons. The van der Waals surface area contributed by atoms with Gasteiger partial charge in [0.15, 0.2) is 10.9 Å². The molecular weight excluding hydrogens is 426 g/mol. The van der Waals surface area contributed by atoms with Gasteiger partial charge in [0.2, 0.25) is 5.91 Å². The molecule has 2 heterocycles. The zero-order valence-corrected chi connectivity index (χ0v) is 16.7. The summed E-state index contributed by atoms with van der Waals surface area (Å²) in [5.74, 6) is -1.90. The molecule has 2 aromatic heterocycles. The summed E-state index contributed by atoms with van der Waals surface area (Å²) in [6.07, 6.45) is 1.53. The van der Waals surface area contributed by atoms with Crippen molar-refractivity contribution in [1.82, 2.24) is 9.97 Å². The van der Waals surface area contributed by atoms with Crippen LogP contribution < -0.4 is 4.90 Å². The van der Waals surface area contributed by atoms with Crippen molar-refractivity contribution in [3.63, 3.8) is 0 Å². The molecule has 4 rings (SSSR count). The van der Waals surface area contributed by atoms with Crippen molar-refractivity contribution >= 4 is 38.3 Å². The number of non-ortho nitro benzene ring substituents is 1. The molecule has 0 aliphatic carbocycles. The van der Waals surface area contributed by atoms with Gasteiger partial charge >= 0.3 is 0 Å². The molecular formula is C21H14F2N4O3S. The molecule has 0 spiro atoms. The molecule has 0 fully saturated rings. The number of nitro benzene ring substituents is 1. The number of rotatable bonds is 6. The highest BCUT2D eigenvalue weighted by Crippen LogP contribution is 2.32. The van der Waals surface area contributed by atoms with Gasteiger partial charge in [0, 0.05) is 24.4 Å². The molecule has 4 aromatic rings. The van der Waals surface area contributed by atoms with Crippen LogP contribution in [0.4, 0.5) is 19.6 Å². The predicted molar refractivity (Wildman–Crippen MR) is 112 cm³/mol. The van der Waals surface area contributed by atoms with Crippen LogP contribution in [0, 0.1) is 21.7 Å². The fraction of sp³-hybridized carbons (Fsp3) is 0.0952. The van der Waals surface area contributed by atoms with Crippen molar-refractivity contribution in [2.75, 3.05) is 4.90 Å². The molecule has 10 heteroatoms. The number of pyridine rings is 1. The number of nitro groups is 1. The molecule has 0 aliphatic rings. The topological polar surface area (TPSA) is 89.2 Å². The Morgan fingerprint density at radius 2 is 1.90 bits per heavy atom. The highest BCUT2D eigenvalue weighted by Gasteiger charge is 2.22. The van der Waals surface area contributed by atoms with Crippen molar-refractivity contribution in [3.05, 3.63) is 93.8 Å². The summed E-state index contributed by atoms with van der Waals surface area (Å²) in [6, 6.07) is 12.8. The van der Waals surface area contributed by atoms with Crippen molar-refractivity contribution in [3.8, 4) is 0 Å². The van der Waals surface area contributed by atoms with Crippen LogP contribution in [0.5, 0.6) is 0 Å². The Hall–Kier alpha value is -3.79. The van der Waals surface area contributed by atoms with Crippen molar-refractivity contribution in [2.24, 2.45) is 0 Å². The van der Waals surface area contributed by atoms with Crippen molar-refractivity contribution in [1.29, 1.82) is 0 Å². The lowest BCUT2D eigenvalue weighted by atomic mass is 10.1. The van der Waals surface area contributed by atoms with Crippen LogP contribution in [-0.2, 0) is 17.8 Å². The molecule has 0 N–H and O–H groups in total. The third kappa shape index (κ3) is 4.53. The van der Waals surface area contributed by atoms with E-state index >= 15 is 0 Å². The standard InChI is InChI=1S/C21H14F2N4O3S/c22-14-10-17(23)20-18(11-14)31-21(25-20)26(12-15-3-1-2-8-24-15)19(28)9-13-4-6-16(7-5-13)27(29)30/h1-8,10-11H,9,12H2. The maximum absolute atomic E-state index is 14.1. The van der Waals surface area contributed by atoms with Gasteiger partial charge in [-0.2, -0.15) is 0 Å². The summed E-state index contributed by atoms with van der Waals surface area (Å²) >= 11 is 0.995. The molecule has 0 saturated carbocycles. The first-order valence-corrected chi connectivity index (χ1v) is 9.91. The van der Waals surface area contributed by atoms with E-state index < -0.39 is 16.6 Å². The lowest BCUT2D eigenvalue weighted by Crippen LogP contribution is -2.32. The molecule has 7 nitrogen and oxygen atoms in total. The van der Waals surface area contributed by atoms with E-state index in [4.69, 9.17) is 0 Å². The number of aromatic nitrogens is 2. The maximum Gasteiger partial charge on any atom is 0.269 e. The molecule has 0 atom stereocenters. The number of benzene rings is 2. The van der Waals surface area contributed by atoms with Crippen molar-refractivity contribution in [2.45, 2.75) is 13.0 Å². The number of fused-ring (bicyclic) bond motifs is 1. The summed E-state index contributed by atoms with van der Waals surface area (Å²) < 4.78 is 28.0. The number of hydrogen-bond acceptors (Lipinski definition) is 6. The minimum absolute atomic E-state index is 0.0180. The van der Waals surface area contributed by atoms with Gasteiger partial charge in [-0.15, -0.1) is 0 Å². The second-order valence-corrected chi connectivity index (χ2v) is 7.64. The Morgan fingerprint density at radius 1 is 1.13 bits per heavy atom. The largest absolute Gasteiger partial charge is 0.282 e. The van der Waals surface area contributed by atoms with E-state index in [1.54, 1.807) is 24.4 Å². The highest BCUT2D eigenvalue weighted by molar-refractivity contribution is 7.22. The Bertz CT molecular complexity index is 1260. The minimum Gasteiger partial charge on any atom is -0.282 e. The summed E-state index contributed by atoms with van der Waals surface area (Å²) in [7, 11) is 0. The number of halogens is 2. The smallest absolute Gasteiger partial charge is 0.269 e. The Morgan fingerprint density at radius 3 is 2.58 bits per heavy atom. The van der Waals surface area contributed by atoms with Crippen LogP contribution in [0.3, 0.4) is 0 Å². The van der Waals surface area contributed by atoms with Crippen LogP contribution in [0.25, 0.3) is 10.2 Å². The highest BCUT2D eigenvalue weighted by atomic mass is 32.1. The van der Waals surface area contributed by atoms with Gasteiger partial charge in [-0.1, -0.05) is 29.5 Å². The Labute approximate surface area is 178 Å². The van der Waals surface area contributed by atoms with E-state index in [0.29, 0.717) is 11.3 Å². The molecule has 0 saturated heterocycles. The Kier molecular flexibility index (Phi) is 5.63. The molecule has 0 unspecified atom stereocenters. The molecule has 1 amide bonds. The normalized spacial score (nSPS) is 10.9. The first-order chi connectivity index (χ1) is 14.9. The number of thiazole rings is 1. The summed E-state index contributed by atoms with van der Waals surface area (Å²) in [5, 5.41) is 11.0. The number of carbonyl (C=O) groups excluding carboxylic acids is 1. The van der Waals surface area contributed by atoms with Gasteiger partial charge < -0.3 is 0 Å². The fourth-order valence-corrected chi connectivity index (χ4v) is 4.00. The fourth-order valence-electron chi connectivity index (χ4n) is 2.98. The van der Waals surface area contributed by atoms with Crippen molar-refractivity contribution < 1.29 is 18.5 Å². The number of amides is 1. The first-order valence-electron chi connectivity index (χ1n) is 9.10. The number of carbonyl (C=O) groups is 1. The van der Waals surface area contributed by atoms with Gasteiger partial charge in [-0.3, -0.25) is 24.8 Å². The molecule has 2 aromatic carbocycles. The summed E-state index contributed by atoms with van der Waals surface area (Å²) in [5.41, 5.74) is 1.06. The van der Waals surface area contributed by atoms with Gasteiger partial charge in [0.05, 0.1) is 28.3 Å². The van der Waals surface area contributed by atoms with Crippen LogP contribution in [0.15, 0.2) is 60.8 Å². The van der Waals surface area contributed by atoms with Crippen LogP contribution in [0.2, 0.25) is 0 Å². The van der Waals surface area contributed by atoms with E-state index in [-0.39, 0.29) is 39.9 Å². The third-order valence-corrected chi connectivity index (χ3v) is 5.51. The first kappa shape index (κ1) is 20.5. The van der Waals surface area contributed by atoms with E-state index in [9.17, 15) is 23.7 Å². The molecule has 31 heavy (non-hydrogen) atoms. The zero-order chi connectivity index (χ0) is 22.0. The van der Waals surface area contributed by atoms with Crippen LogP contribution >= 0.6 is 11.3 Å². The van der Waals surface area contributed by atoms with Crippen LogP contribution in [0.1, 0.15) is 11.3 Å². The Balaban J connectivity index is 1.67. The average Bonchev–Trinajstić information content (AvgIpc) is 3.17. The maximum atomic E-state index is 14.1. The molecule has 0 aliphatic heterocycles.